The first kappa shape index (κ1) is 12.8. The van der Waals surface area contributed by atoms with Crippen molar-refractivity contribution in [1.82, 2.24) is 0 Å². The van der Waals surface area contributed by atoms with Crippen LogP contribution in [0.1, 0.15) is 36.0 Å². The zero-order chi connectivity index (χ0) is 13.2. The lowest BCUT2D eigenvalue weighted by Crippen LogP contribution is -2.31. The fourth-order valence-corrected chi connectivity index (χ4v) is 2.13. The summed E-state index contributed by atoms with van der Waals surface area (Å²) in [5.41, 5.74) is 0.992. The van der Waals surface area contributed by atoms with Gasteiger partial charge in [0.25, 0.3) is 0 Å². The van der Waals surface area contributed by atoms with Crippen LogP contribution >= 0.6 is 0 Å². The Bertz CT molecular complexity index is 421. The van der Waals surface area contributed by atoms with E-state index in [-0.39, 0.29) is 24.4 Å². The van der Waals surface area contributed by atoms with E-state index >= 15 is 0 Å². The smallest absolute Gasteiger partial charge is 0.335 e. The number of anilines is 1. The Morgan fingerprint density at radius 1 is 1.22 bits per heavy atom. The first-order chi connectivity index (χ1) is 8.46. The van der Waals surface area contributed by atoms with E-state index in [4.69, 9.17) is 5.11 Å². The zero-order valence-corrected chi connectivity index (χ0v) is 9.83. The SMILES string of the molecule is O=C(O)c1ccc(NC2CCC(F)(F)CC2)cc1. The molecule has 1 aromatic carbocycles. The summed E-state index contributed by atoms with van der Waals surface area (Å²) in [6, 6.07) is 6.37. The Balaban J connectivity index is 1.92. The van der Waals surface area contributed by atoms with Crippen molar-refractivity contribution in [3.63, 3.8) is 0 Å². The fraction of sp³-hybridized carbons (Fsp3) is 0.462. The highest BCUT2D eigenvalue weighted by Gasteiger charge is 2.34. The molecule has 0 aliphatic heterocycles. The average molecular weight is 255 g/mol. The molecule has 0 saturated heterocycles. The normalized spacial score (nSPS) is 19.4. The number of rotatable bonds is 3. The lowest BCUT2D eigenvalue weighted by atomic mass is 9.92. The topological polar surface area (TPSA) is 49.3 Å². The summed E-state index contributed by atoms with van der Waals surface area (Å²) >= 11 is 0. The molecule has 0 atom stereocenters. The minimum atomic E-state index is -2.52. The van der Waals surface area contributed by atoms with Crippen LogP contribution in [-0.2, 0) is 0 Å². The molecule has 0 unspecified atom stereocenters. The average Bonchev–Trinajstić information content (AvgIpc) is 2.33. The molecule has 1 saturated carbocycles. The maximum Gasteiger partial charge on any atom is 0.335 e. The molecule has 1 aliphatic rings. The minimum absolute atomic E-state index is 0.0419. The van der Waals surface area contributed by atoms with Gasteiger partial charge in [-0.1, -0.05) is 0 Å². The van der Waals surface area contributed by atoms with Crippen molar-refractivity contribution >= 4 is 11.7 Å². The van der Waals surface area contributed by atoms with Crippen molar-refractivity contribution in [2.24, 2.45) is 0 Å². The standard InChI is InChI=1S/C13H15F2NO2/c14-13(15)7-5-11(6-8-13)16-10-3-1-9(2-4-10)12(17)18/h1-4,11,16H,5-8H2,(H,17,18). The lowest BCUT2D eigenvalue weighted by molar-refractivity contribution is -0.0360. The third-order valence-corrected chi connectivity index (χ3v) is 3.22. The second-order valence-corrected chi connectivity index (χ2v) is 4.66. The summed E-state index contributed by atoms with van der Waals surface area (Å²) in [5.74, 6) is -3.50. The van der Waals surface area contributed by atoms with Crippen LogP contribution in [0, 0.1) is 0 Å². The van der Waals surface area contributed by atoms with Gasteiger partial charge in [-0.25, -0.2) is 13.6 Å². The Labute approximate surface area is 104 Å². The van der Waals surface area contributed by atoms with Crippen molar-refractivity contribution in [2.75, 3.05) is 5.32 Å². The van der Waals surface area contributed by atoms with Gasteiger partial charge in [-0.3, -0.25) is 0 Å². The summed E-state index contributed by atoms with van der Waals surface area (Å²) in [4.78, 5) is 10.7. The van der Waals surface area contributed by atoms with Crippen molar-refractivity contribution < 1.29 is 18.7 Å². The van der Waals surface area contributed by atoms with Crippen LogP contribution in [0.5, 0.6) is 0 Å². The van der Waals surface area contributed by atoms with E-state index in [1.165, 1.54) is 12.1 Å². The number of nitrogens with one attached hydrogen (secondary N) is 1. The van der Waals surface area contributed by atoms with Gasteiger partial charge in [-0.15, -0.1) is 0 Å². The lowest BCUT2D eigenvalue weighted by Gasteiger charge is -2.29. The molecule has 0 spiro atoms. The second-order valence-electron chi connectivity index (χ2n) is 4.66. The third-order valence-electron chi connectivity index (χ3n) is 3.22. The molecule has 0 bridgehead atoms. The molecular formula is C13H15F2NO2. The van der Waals surface area contributed by atoms with E-state index in [1.807, 2.05) is 0 Å². The number of carboxylic acid groups (broad SMARTS) is 1. The summed E-state index contributed by atoms with van der Waals surface area (Å²) in [7, 11) is 0. The van der Waals surface area contributed by atoms with Crippen molar-refractivity contribution in [2.45, 2.75) is 37.6 Å². The van der Waals surface area contributed by atoms with Gasteiger partial charge in [0.1, 0.15) is 0 Å². The molecule has 1 aliphatic carbocycles. The fourth-order valence-electron chi connectivity index (χ4n) is 2.13. The van der Waals surface area contributed by atoms with Gasteiger partial charge >= 0.3 is 5.97 Å². The highest BCUT2D eigenvalue weighted by atomic mass is 19.3. The van der Waals surface area contributed by atoms with Gasteiger partial charge in [0.2, 0.25) is 5.92 Å². The third kappa shape index (κ3) is 3.18. The van der Waals surface area contributed by atoms with Crippen LogP contribution in [0.4, 0.5) is 14.5 Å². The molecule has 0 aromatic heterocycles. The summed E-state index contributed by atoms with van der Waals surface area (Å²) in [6.45, 7) is 0. The van der Waals surface area contributed by atoms with Crippen LogP contribution in [0.2, 0.25) is 0 Å². The van der Waals surface area contributed by atoms with E-state index in [9.17, 15) is 13.6 Å². The maximum absolute atomic E-state index is 13.0. The molecule has 5 heteroatoms. The largest absolute Gasteiger partial charge is 0.478 e. The predicted molar refractivity (Wildman–Crippen MR) is 64.2 cm³/mol. The summed E-state index contributed by atoms with van der Waals surface area (Å²) < 4.78 is 25.9. The molecule has 3 nitrogen and oxygen atoms in total. The maximum atomic E-state index is 13.0. The first-order valence-corrected chi connectivity index (χ1v) is 5.94. The Morgan fingerprint density at radius 3 is 2.28 bits per heavy atom. The number of carboxylic acids is 1. The van der Waals surface area contributed by atoms with Gasteiger partial charge in [-0.05, 0) is 37.1 Å². The van der Waals surface area contributed by atoms with E-state index in [0.29, 0.717) is 12.8 Å². The molecular weight excluding hydrogens is 240 g/mol. The zero-order valence-electron chi connectivity index (χ0n) is 9.83. The molecule has 0 radical (unpaired) electrons. The van der Waals surface area contributed by atoms with Gasteiger partial charge in [0.05, 0.1) is 5.56 Å². The second kappa shape index (κ2) is 4.92. The van der Waals surface area contributed by atoms with Crippen LogP contribution < -0.4 is 5.32 Å². The van der Waals surface area contributed by atoms with Crippen LogP contribution in [0.15, 0.2) is 24.3 Å². The molecule has 2 N–H and O–H groups in total. The number of benzene rings is 1. The highest BCUT2D eigenvalue weighted by molar-refractivity contribution is 5.87. The Hall–Kier alpha value is -1.65. The number of alkyl halides is 2. The monoisotopic (exact) mass is 255 g/mol. The Morgan fingerprint density at radius 2 is 1.78 bits per heavy atom. The van der Waals surface area contributed by atoms with E-state index in [1.54, 1.807) is 12.1 Å². The molecule has 1 fully saturated rings. The van der Waals surface area contributed by atoms with Crippen LogP contribution in [0.3, 0.4) is 0 Å². The molecule has 0 heterocycles. The van der Waals surface area contributed by atoms with Gasteiger partial charge in [-0.2, -0.15) is 0 Å². The van der Waals surface area contributed by atoms with E-state index < -0.39 is 11.9 Å². The number of hydrogen-bond acceptors (Lipinski definition) is 2. The summed E-state index contributed by atoms with van der Waals surface area (Å²) in [6.07, 6.45) is 0.705. The van der Waals surface area contributed by atoms with Crippen LogP contribution in [-0.4, -0.2) is 23.0 Å². The van der Waals surface area contributed by atoms with Gasteiger partial charge in [0.15, 0.2) is 0 Å². The van der Waals surface area contributed by atoms with E-state index in [0.717, 1.165) is 5.69 Å². The number of hydrogen-bond donors (Lipinski definition) is 2. The van der Waals surface area contributed by atoms with Crippen molar-refractivity contribution in [1.29, 1.82) is 0 Å². The van der Waals surface area contributed by atoms with Crippen molar-refractivity contribution in [3.05, 3.63) is 29.8 Å². The number of carbonyl (C=O) groups is 1. The van der Waals surface area contributed by atoms with Crippen LogP contribution in [0.25, 0.3) is 0 Å². The van der Waals surface area contributed by atoms with Gasteiger partial charge in [0, 0.05) is 24.6 Å². The number of halogens is 2. The van der Waals surface area contributed by atoms with E-state index in [2.05, 4.69) is 5.32 Å². The van der Waals surface area contributed by atoms with Crippen molar-refractivity contribution in [3.8, 4) is 0 Å². The molecule has 2 rings (SSSR count). The minimum Gasteiger partial charge on any atom is -0.478 e. The number of aromatic carboxylic acids is 1. The van der Waals surface area contributed by atoms with Gasteiger partial charge < -0.3 is 10.4 Å². The quantitative estimate of drug-likeness (QED) is 0.870. The molecule has 0 amide bonds. The Kier molecular flexibility index (Phi) is 3.50. The molecule has 98 valence electrons. The highest BCUT2D eigenvalue weighted by Crippen LogP contribution is 2.34. The predicted octanol–water partition coefficient (Wildman–Crippen LogP) is 3.37. The molecule has 1 aromatic rings. The molecule has 18 heavy (non-hydrogen) atoms. The first-order valence-electron chi connectivity index (χ1n) is 5.94. The summed E-state index contributed by atoms with van der Waals surface area (Å²) in [5, 5.41) is 11.9.